The predicted octanol–water partition coefficient (Wildman–Crippen LogP) is 1.62. The summed E-state index contributed by atoms with van der Waals surface area (Å²) in [6, 6.07) is 6.03. The van der Waals surface area contributed by atoms with Gasteiger partial charge in [0.15, 0.2) is 11.6 Å². The summed E-state index contributed by atoms with van der Waals surface area (Å²) in [5.41, 5.74) is 0.800. The van der Waals surface area contributed by atoms with Gasteiger partial charge in [-0.15, -0.1) is 0 Å². The summed E-state index contributed by atoms with van der Waals surface area (Å²) in [7, 11) is 3.20. The molecule has 11 heteroatoms. The number of hydrogen-bond acceptors (Lipinski definition) is 7. The number of anilines is 2. The Labute approximate surface area is 219 Å². The average molecular weight is 525 g/mol. The summed E-state index contributed by atoms with van der Waals surface area (Å²) >= 11 is 0. The van der Waals surface area contributed by atoms with Gasteiger partial charge in [0.05, 0.1) is 68.1 Å². The molecule has 38 heavy (non-hydrogen) atoms. The lowest BCUT2D eigenvalue weighted by Gasteiger charge is -2.31. The van der Waals surface area contributed by atoms with Crippen molar-refractivity contribution in [2.45, 2.75) is 19.8 Å². The monoisotopic (exact) mass is 524 g/mol. The van der Waals surface area contributed by atoms with E-state index in [9.17, 15) is 34.7 Å². The van der Waals surface area contributed by atoms with Gasteiger partial charge in [-0.2, -0.15) is 9.29 Å². The molecule has 2 aromatic rings. The van der Waals surface area contributed by atoms with Crippen LogP contribution in [0.15, 0.2) is 24.3 Å². The molecule has 3 N–H and O–H groups in total. The smallest absolute Gasteiger partial charge is 0.233 e. The topological polar surface area (TPSA) is 135 Å². The van der Waals surface area contributed by atoms with E-state index < -0.39 is 11.6 Å². The Morgan fingerprint density at radius 2 is 1.11 bits per heavy atom. The van der Waals surface area contributed by atoms with Crippen LogP contribution in [-0.2, 0) is 9.59 Å². The molecule has 2 unspecified atom stereocenters. The van der Waals surface area contributed by atoms with Crippen LogP contribution in [-0.4, -0.2) is 102 Å². The molecule has 3 aliphatic rings. The number of benzene rings is 2. The van der Waals surface area contributed by atoms with Gasteiger partial charge in [0.25, 0.3) is 0 Å². The lowest BCUT2D eigenvalue weighted by atomic mass is 9.79. The fraction of sp³-hybridized carbons (Fsp3) is 0.407. The summed E-state index contributed by atoms with van der Waals surface area (Å²) in [6.07, 6.45) is 0.0733. The van der Waals surface area contributed by atoms with Gasteiger partial charge in [0.2, 0.25) is 11.8 Å². The quantitative estimate of drug-likeness (QED) is 0.434. The van der Waals surface area contributed by atoms with Crippen molar-refractivity contribution in [3.8, 4) is 5.75 Å². The van der Waals surface area contributed by atoms with E-state index in [0.29, 0.717) is 5.56 Å². The second-order valence-electron chi connectivity index (χ2n) is 10.8. The third-order valence-electron chi connectivity index (χ3n) is 7.87. The van der Waals surface area contributed by atoms with Crippen LogP contribution in [0.4, 0.5) is 11.4 Å². The molecule has 1 aliphatic carbocycles. The van der Waals surface area contributed by atoms with Gasteiger partial charge in [0.1, 0.15) is 31.9 Å². The van der Waals surface area contributed by atoms with Crippen molar-refractivity contribution < 1.29 is 44.0 Å². The number of phenols is 1. The molecule has 0 spiro atoms. The van der Waals surface area contributed by atoms with Gasteiger partial charge in [0, 0.05) is 5.56 Å². The number of rotatable bonds is 2. The van der Waals surface area contributed by atoms with E-state index in [1.165, 1.54) is 15.9 Å². The number of aromatic hydroxyl groups is 1. The van der Waals surface area contributed by atoms with Gasteiger partial charge < -0.3 is 14.9 Å². The van der Waals surface area contributed by atoms with Crippen molar-refractivity contribution in [1.29, 1.82) is 0 Å². The van der Waals surface area contributed by atoms with E-state index in [4.69, 9.17) is 0 Å². The molecular weight excluding hydrogens is 492 g/mol. The summed E-state index contributed by atoms with van der Waals surface area (Å²) in [4.78, 5) is 57.3. The molecular formula is C27H32N4O7+2. The maximum atomic E-state index is 14.1. The Kier molecular flexibility index (Phi) is 6.14. The standard InChI is InChI=1S/C27H31N4O7/c1-16-4-7-19(32)25-22(16)26(35)23-17(28-10-14-30(2,37)12-8-20(28)33)5-6-18(24(23)27(25)36)29-11-15-31(3,38)13-9-21(29)34/h4-7,37-38H,8-15H2,1-3H3/q+1/p+1. The minimum atomic E-state index is -0.615. The van der Waals surface area contributed by atoms with Crippen molar-refractivity contribution in [2.75, 3.05) is 63.2 Å². The molecule has 2 aromatic carbocycles. The van der Waals surface area contributed by atoms with Crippen molar-refractivity contribution in [1.82, 2.24) is 0 Å². The number of quaternary nitrogens is 2. The summed E-state index contributed by atoms with van der Waals surface area (Å²) in [6.45, 7) is 2.73. The number of hydroxylamine groups is 6. The molecule has 11 nitrogen and oxygen atoms in total. The SMILES string of the molecule is Cc1ccc(O)c2c1C(=O)c1c(N3CC[N+](C)(O)CCC3=O)ccc(N3CC[N+](C)(O)CCC3=O)c1C2=O. The first-order valence-electron chi connectivity index (χ1n) is 12.7. The molecule has 2 saturated heterocycles. The second kappa shape index (κ2) is 8.98. The Bertz CT molecular complexity index is 1290. The summed E-state index contributed by atoms with van der Waals surface area (Å²) in [5.74, 6) is -2.09. The van der Waals surface area contributed by atoms with E-state index in [1.807, 2.05) is 0 Å². The number of phenolic OH excluding ortho intramolecular Hbond substituents is 1. The van der Waals surface area contributed by atoms with Crippen LogP contribution >= 0.6 is 0 Å². The number of nitrogens with zero attached hydrogens (tertiary/aromatic N) is 4. The van der Waals surface area contributed by atoms with Gasteiger partial charge in [-0.1, -0.05) is 6.07 Å². The zero-order valence-corrected chi connectivity index (χ0v) is 21.7. The molecule has 5 rings (SSSR count). The maximum Gasteiger partial charge on any atom is 0.233 e. The predicted molar refractivity (Wildman–Crippen MR) is 136 cm³/mol. The van der Waals surface area contributed by atoms with Crippen molar-refractivity contribution >= 4 is 34.8 Å². The highest BCUT2D eigenvalue weighted by Crippen LogP contribution is 2.43. The first-order chi connectivity index (χ1) is 17.8. The Balaban J connectivity index is 1.74. The number of hydrogen-bond donors (Lipinski definition) is 3. The Hall–Kier alpha value is -3.64. The van der Waals surface area contributed by atoms with Crippen molar-refractivity contribution in [2.24, 2.45) is 0 Å². The van der Waals surface area contributed by atoms with Crippen molar-refractivity contribution in [3.05, 3.63) is 52.1 Å². The number of carbonyl (C=O) groups excluding carboxylic acids is 4. The van der Waals surface area contributed by atoms with E-state index in [1.54, 1.807) is 39.2 Å². The maximum absolute atomic E-state index is 14.1. The van der Waals surface area contributed by atoms with Crippen LogP contribution in [0.5, 0.6) is 5.75 Å². The number of ketones is 2. The third kappa shape index (κ3) is 4.27. The number of aryl methyl sites for hydroxylation is 1. The summed E-state index contributed by atoms with van der Waals surface area (Å²) < 4.78 is -0.718. The van der Waals surface area contributed by atoms with Crippen LogP contribution in [0.1, 0.15) is 50.2 Å². The third-order valence-corrected chi connectivity index (χ3v) is 7.87. The molecule has 2 amide bonds. The fourth-order valence-electron chi connectivity index (χ4n) is 5.51. The largest absolute Gasteiger partial charge is 0.507 e. The van der Waals surface area contributed by atoms with Crippen LogP contribution < -0.4 is 9.80 Å². The lowest BCUT2D eigenvalue weighted by molar-refractivity contribution is -1.09. The van der Waals surface area contributed by atoms with Crippen LogP contribution in [0.25, 0.3) is 0 Å². The molecule has 2 atom stereocenters. The first-order valence-corrected chi connectivity index (χ1v) is 12.7. The average Bonchev–Trinajstić information content (AvgIpc) is 3.08. The Morgan fingerprint density at radius 1 is 0.658 bits per heavy atom. The normalized spacial score (nSPS) is 26.1. The molecule has 0 saturated carbocycles. The van der Waals surface area contributed by atoms with Crippen LogP contribution in [0.2, 0.25) is 0 Å². The number of likely N-dealkylation sites (N-methyl/N-ethyl adjacent to an activating group) is 2. The van der Waals surface area contributed by atoms with Crippen LogP contribution in [0.3, 0.4) is 0 Å². The highest BCUT2D eigenvalue weighted by molar-refractivity contribution is 6.34. The van der Waals surface area contributed by atoms with Crippen molar-refractivity contribution in [3.63, 3.8) is 0 Å². The molecule has 0 aromatic heterocycles. The number of fused-ring (bicyclic) bond motifs is 2. The molecule has 200 valence electrons. The summed E-state index contributed by atoms with van der Waals surface area (Å²) in [5, 5.41) is 31.7. The zero-order valence-electron chi connectivity index (χ0n) is 21.7. The highest BCUT2D eigenvalue weighted by Gasteiger charge is 2.42. The molecule has 2 fully saturated rings. The van der Waals surface area contributed by atoms with Gasteiger partial charge in [-0.3, -0.25) is 19.2 Å². The first kappa shape index (κ1) is 26.0. The minimum Gasteiger partial charge on any atom is -0.507 e. The minimum absolute atomic E-state index is 0.00519. The lowest BCUT2D eigenvalue weighted by Crippen LogP contribution is -2.44. The highest BCUT2D eigenvalue weighted by atomic mass is 16.5. The van der Waals surface area contributed by atoms with E-state index in [0.717, 1.165) is 0 Å². The zero-order chi connectivity index (χ0) is 27.6. The van der Waals surface area contributed by atoms with Gasteiger partial charge in [-0.05, 0) is 30.7 Å². The van der Waals surface area contributed by atoms with Gasteiger partial charge in [-0.25, -0.2) is 10.4 Å². The van der Waals surface area contributed by atoms with E-state index in [2.05, 4.69) is 0 Å². The van der Waals surface area contributed by atoms with Crippen LogP contribution in [0, 0.1) is 6.92 Å². The molecule has 0 bridgehead atoms. The molecule has 0 radical (unpaired) electrons. The Morgan fingerprint density at radius 3 is 1.58 bits per heavy atom. The fourth-order valence-corrected chi connectivity index (χ4v) is 5.51. The second-order valence-corrected chi connectivity index (χ2v) is 10.8. The van der Waals surface area contributed by atoms with Gasteiger partial charge >= 0.3 is 0 Å². The van der Waals surface area contributed by atoms with E-state index in [-0.39, 0.29) is 113 Å². The van der Waals surface area contributed by atoms with E-state index >= 15 is 0 Å². The number of amides is 2. The molecule has 2 heterocycles. The number of carbonyl (C=O) groups is 4. The molecule has 2 aliphatic heterocycles.